The van der Waals surface area contributed by atoms with E-state index in [9.17, 15) is 0 Å². The van der Waals surface area contributed by atoms with E-state index >= 15 is 0 Å². The molecule has 1 aliphatic heterocycles. The molecular formula is C13H20N2O3. The molecule has 0 aromatic heterocycles. The first kappa shape index (κ1) is 13.0. The molecule has 100 valence electrons. The van der Waals surface area contributed by atoms with Gasteiger partial charge in [0.25, 0.3) is 0 Å². The van der Waals surface area contributed by atoms with E-state index in [0.717, 1.165) is 43.4 Å². The summed E-state index contributed by atoms with van der Waals surface area (Å²) in [5.74, 6) is 1.56. The Morgan fingerprint density at radius 2 is 2.28 bits per heavy atom. The number of morpholine rings is 1. The van der Waals surface area contributed by atoms with Crippen LogP contribution in [0.5, 0.6) is 11.5 Å². The standard InChI is InChI=1S/C13H20N2O3/c1-16-10-3-4-12(13(7-10)17-2)15-9-11-8-14-5-6-18-11/h3-4,7,11,14-15H,5-6,8-9H2,1-2H3. The maximum atomic E-state index is 5.63. The number of benzene rings is 1. The highest BCUT2D eigenvalue weighted by Gasteiger charge is 2.13. The van der Waals surface area contributed by atoms with E-state index in [2.05, 4.69) is 10.6 Å². The molecule has 0 spiro atoms. The van der Waals surface area contributed by atoms with Crippen LogP contribution >= 0.6 is 0 Å². The Kier molecular flexibility index (Phi) is 4.66. The summed E-state index contributed by atoms with van der Waals surface area (Å²) in [4.78, 5) is 0. The molecule has 1 fully saturated rings. The normalized spacial score (nSPS) is 19.3. The van der Waals surface area contributed by atoms with Crippen LogP contribution in [0.4, 0.5) is 5.69 Å². The van der Waals surface area contributed by atoms with Gasteiger partial charge in [-0.25, -0.2) is 0 Å². The second-order valence-corrected chi connectivity index (χ2v) is 4.14. The Morgan fingerprint density at radius 1 is 1.39 bits per heavy atom. The molecule has 1 aromatic carbocycles. The van der Waals surface area contributed by atoms with Crippen LogP contribution < -0.4 is 20.1 Å². The average Bonchev–Trinajstić information content (AvgIpc) is 2.46. The van der Waals surface area contributed by atoms with Gasteiger partial charge in [0.2, 0.25) is 0 Å². The van der Waals surface area contributed by atoms with E-state index in [1.54, 1.807) is 14.2 Å². The monoisotopic (exact) mass is 252 g/mol. The lowest BCUT2D eigenvalue weighted by atomic mass is 10.2. The molecule has 1 heterocycles. The molecule has 1 aliphatic rings. The van der Waals surface area contributed by atoms with Gasteiger partial charge in [0.15, 0.2) is 0 Å². The summed E-state index contributed by atoms with van der Waals surface area (Å²) in [6.07, 6.45) is 0.200. The number of hydrogen-bond donors (Lipinski definition) is 2. The highest BCUT2D eigenvalue weighted by atomic mass is 16.5. The fraction of sp³-hybridized carbons (Fsp3) is 0.538. The maximum Gasteiger partial charge on any atom is 0.145 e. The number of ether oxygens (including phenoxy) is 3. The minimum Gasteiger partial charge on any atom is -0.497 e. The zero-order valence-corrected chi connectivity index (χ0v) is 10.9. The summed E-state index contributed by atoms with van der Waals surface area (Å²) < 4.78 is 16.1. The van der Waals surface area contributed by atoms with Crippen LogP contribution in [0.25, 0.3) is 0 Å². The molecule has 0 bridgehead atoms. The Hall–Kier alpha value is -1.46. The lowest BCUT2D eigenvalue weighted by Crippen LogP contribution is -2.42. The number of rotatable bonds is 5. The van der Waals surface area contributed by atoms with Gasteiger partial charge in [-0.3, -0.25) is 0 Å². The SMILES string of the molecule is COc1ccc(NCC2CNCCO2)c(OC)c1. The van der Waals surface area contributed by atoms with Crippen molar-refractivity contribution in [2.75, 3.05) is 45.8 Å². The third-order valence-corrected chi connectivity index (χ3v) is 2.93. The molecule has 2 N–H and O–H groups in total. The Labute approximate surface area is 107 Å². The van der Waals surface area contributed by atoms with Gasteiger partial charge in [-0.05, 0) is 12.1 Å². The van der Waals surface area contributed by atoms with Crippen molar-refractivity contribution in [3.8, 4) is 11.5 Å². The quantitative estimate of drug-likeness (QED) is 0.822. The molecule has 1 atom stereocenters. The van der Waals surface area contributed by atoms with Crippen molar-refractivity contribution >= 4 is 5.69 Å². The van der Waals surface area contributed by atoms with Crippen molar-refractivity contribution in [2.24, 2.45) is 0 Å². The predicted molar refractivity (Wildman–Crippen MR) is 70.6 cm³/mol. The van der Waals surface area contributed by atoms with Crippen LogP contribution in [0.1, 0.15) is 0 Å². The molecule has 0 amide bonds. The fourth-order valence-corrected chi connectivity index (χ4v) is 1.92. The number of hydrogen-bond acceptors (Lipinski definition) is 5. The Morgan fingerprint density at radius 3 is 2.94 bits per heavy atom. The minimum atomic E-state index is 0.200. The van der Waals surface area contributed by atoms with Crippen LogP contribution in [-0.2, 0) is 4.74 Å². The molecule has 0 saturated carbocycles. The predicted octanol–water partition coefficient (Wildman–Crippen LogP) is 1.10. The Balaban J connectivity index is 1.95. The van der Waals surface area contributed by atoms with Crippen LogP contribution in [0.2, 0.25) is 0 Å². The van der Waals surface area contributed by atoms with Crippen molar-refractivity contribution < 1.29 is 14.2 Å². The van der Waals surface area contributed by atoms with Gasteiger partial charge in [-0.1, -0.05) is 0 Å². The summed E-state index contributed by atoms with van der Waals surface area (Å²) in [6.45, 7) is 3.34. The van der Waals surface area contributed by atoms with Crippen molar-refractivity contribution in [1.29, 1.82) is 0 Å². The smallest absolute Gasteiger partial charge is 0.145 e. The van der Waals surface area contributed by atoms with Gasteiger partial charge in [-0.15, -0.1) is 0 Å². The van der Waals surface area contributed by atoms with Crippen molar-refractivity contribution in [3.63, 3.8) is 0 Å². The molecular weight excluding hydrogens is 232 g/mol. The summed E-state index contributed by atoms with van der Waals surface area (Å²) in [5.41, 5.74) is 0.951. The van der Waals surface area contributed by atoms with E-state index in [-0.39, 0.29) is 6.10 Å². The van der Waals surface area contributed by atoms with E-state index in [4.69, 9.17) is 14.2 Å². The molecule has 18 heavy (non-hydrogen) atoms. The van der Waals surface area contributed by atoms with Gasteiger partial charge in [0.1, 0.15) is 11.5 Å². The fourth-order valence-electron chi connectivity index (χ4n) is 1.92. The van der Waals surface area contributed by atoms with Crippen molar-refractivity contribution in [1.82, 2.24) is 5.32 Å². The van der Waals surface area contributed by atoms with E-state index < -0.39 is 0 Å². The molecule has 5 nitrogen and oxygen atoms in total. The van der Waals surface area contributed by atoms with E-state index in [1.807, 2.05) is 18.2 Å². The second kappa shape index (κ2) is 6.47. The first-order chi connectivity index (χ1) is 8.83. The highest BCUT2D eigenvalue weighted by molar-refractivity contribution is 5.59. The third kappa shape index (κ3) is 3.27. The second-order valence-electron chi connectivity index (χ2n) is 4.14. The number of nitrogens with one attached hydrogen (secondary N) is 2. The largest absolute Gasteiger partial charge is 0.497 e. The first-order valence-electron chi connectivity index (χ1n) is 6.11. The van der Waals surface area contributed by atoms with E-state index in [0.29, 0.717) is 0 Å². The van der Waals surface area contributed by atoms with Crippen molar-refractivity contribution in [3.05, 3.63) is 18.2 Å². The van der Waals surface area contributed by atoms with Gasteiger partial charge >= 0.3 is 0 Å². The zero-order chi connectivity index (χ0) is 12.8. The van der Waals surface area contributed by atoms with Gasteiger partial charge in [-0.2, -0.15) is 0 Å². The summed E-state index contributed by atoms with van der Waals surface area (Å²) in [5, 5.41) is 6.64. The van der Waals surface area contributed by atoms with Crippen LogP contribution in [0, 0.1) is 0 Å². The lowest BCUT2D eigenvalue weighted by molar-refractivity contribution is 0.0372. The van der Waals surface area contributed by atoms with E-state index in [1.165, 1.54) is 0 Å². The van der Waals surface area contributed by atoms with Gasteiger partial charge < -0.3 is 24.8 Å². The summed E-state index contributed by atoms with van der Waals surface area (Å²) in [6, 6.07) is 5.72. The molecule has 0 aliphatic carbocycles. The molecule has 2 rings (SSSR count). The molecule has 1 aromatic rings. The topological polar surface area (TPSA) is 51.8 Å². The minimum absolute atomic E-state index is 0.200. The molecule has 1 saturated heterocycles. The number of anilines is 1. The average molecular weight is 252 g/mol. The molecule has 5 heteroatoms. The molecule has 0 radical (unpaired) electrons. The Bertz CT molecular complexity index is 378. The first-order valence-corrected chi connectivity index (χ1v) is 6.11. The maximum absolute atomic E-state index is 5.63. The molecule has 1 unspecified atom stereocenters. The van der Waals surface area contributed by atoms with Crippen LogP contribution in [0.15, 0.2) is 18.2 Å². The van der Waals surface area contributed by atoms with Crippen LogP contribution in [-0.4, -0.2) is 46.6 Å². The number of methoxy groups -OCH3 is 2. The van der Waals surface area contributed by atoms with Crippen molar-refractivity contribution in [2.45, 2.75) is 6.10 Å². The lowest BCUT2D eigenvalue weighted by Gasteiger charge is -2.24. The summed E-state index contributed by atoms with van der Waals surface area (Å²) >= 11 is 0. The third-order valence-electron chi connectivity index (χ3n) is 2.93. The van der Waals surface area contributed by atoms with Gasteiger partial charge in [0.05, 0.1) is 32.6 Å². The summed E-state index contributed by atoms with van der Waals surface area (Å²) in [7, 11) is 3.29. The highest BCUT2D eigenvalue weighted by Crippen LogP contribution is 2.28. The van der Waals surface area contributed by atoms with Gasteiger partial charge in [0, 0.05) is 25.7 Å². The van der Waals surface area contributed by atoms with Crippen LogP contribution in [0.3, 0.4) is 0 Å². The zero-order valence-electron chi connectivity index (χ0n) is 10.9.